The van der Waals surface area contributed by atoms with Gasteiger partial charge in [0.25, 0.3) is 5.69 Å². The second-order valence-corrected chi connectivity index (χ2v) is 25.2. The summed E-state index contributed by atoms with van der Waals surface area (Å²) in [5.74, 6) is 18.0. The lowest BCUT2D eigenvalue weighted by atomic mass is 9.70. The number of nitro groups is 1. The molecule has 0 fully saturated rings. The molecule has 0 amide bonds. The van der Waals surface area contributed by atoms with Crippen LogP contribution in [-0.4, -0.2) is 76.7 Å². The molecule has 16 nitrogen and oxygen atoms in total. The largest absolute Gasteiger partial charge is 0.497 e. The molecule has 0 aliphatic heterocycles. The van der Waals surface area contributed by atoms with E-state index in [4.69, 9.17) is 58.7 Å². The van der Waals surface area contributed by atoms with Gasteiger partial charge in [0.2, 0.25) is 0 Å². The first-order valence-corrected chi connectivity index (χ1v) is 33.5. The van der Waals surface area contributed by atoms with Crippen LogP contribution >= 0.6 is 6.64 Å². The summed E-state index contributed by atoms with van der Waals surface area (Å²) in [6.07, 6.45) is 9.40. The van der Waals surface area contributed by atoms with E-state index >= 15 is 0 Å². The van der Waals surface area contributed by atoms with Crippen molar-refractivity contribution in [2.75, 3.05) is 54.8 Å². The number of fused-ring (bicyclic) bond motifs is 3. The zero-order chi connectivity index (χ0) is 65.6. The maximum atomic E-state index is 11.8. The summed E-state index contributed by atoms with van der Waals surface area (Å²) < 4.78 is 59.5. The van der Waals surface area contributed by atoms with Crippen LogP contribution in [0.15, 0.2) is 175 Å². The average Bonchev–Trinajstić information content (AvgIpc) is 1.57. The van der Waals surface area contributed by atoms with Crippen molar-refractivity contribution >= 4 is 36.3 Å². The molecule has 93 heavy (non-hydrogen) atoms. The predicted molar refractivity (Wildman–Crippen MR) is 366 cm³/mol. The van der Waals surface area contributed by atoms with Gasteiger partial charge in [-0.25, -0.2) is 4.78 Å². The minimum Gasteiger partial charge on any atom is -0.497 e. The van der Waals surface area contributed by atoms with Crippen LogP contribution in [0, 0.1) is 33.8 Å². The lowest BCUT2D eigenvalue weighted by Gasteiger charge is -2.33. The molecule has 0 spiro atoms. The summed E-state index contributed by atoms with van der Waals surface area (Å²) in [6.45, 7) is 3.40. The normalized spacial score (nSPS) is 12.3. The van der Waals surface area contributed by atoms with E-state index in [0.717, 1.165) is 77.8 Å². The number of carbonyl (C=O) groups is 1. The van der Waals surface area contributed by atoms with Crippen LogP contribution in [0.5, 0.6) is 51.7 Å². The minimum absolute atomic E-state index is 0.108. The van der Waals surface area contributed by atoms with Crippen LogP contribution in [0.25, 0.3) is 11.1 Å². The second-order valence-electron chi connectivity index (χ2n) is 21.9. The van der Waals surface area contributed by atoms with Crippen molar-refractivity contribution in [3.63, 3.8) is 0 Å². The van der Waals surface area contributed by atoms with Gasteiger partial charge in [0.05, 0.1) is 70.5 Å². The number of carbonyl (C=O) groups excluding carboxylic acids is 1. The third-order valence-corrected chi connectivity index (χ3v) is 18.3. The number of methoxy groups -OCH3 is 3. The molecule has 0 N–H and O–H groups in total. The van der Waals surface area contributed by atoms with Gasteiger partial charge in [0, 0.05) is 66.3 Å². The molecule has 0 aromatic heterocycles. The first-order chi connectivity index (χ1) is 45.2. The number of esters is 1. The molecule has 8 aromatic rings. The van der Waals surface area contributed by atoms with Gasteiger partial charge in [-0.1, -0.05) is 75.3 Å². The number of unbranched alkanes of at least 4 members (excludes halogenated alkanes) is 2. The lowest BCUT2D eigenvalue weighted by Crippen LogP contribution is -2.25. The highest BCUT2D eigenvalue weighted by Crippen LogP contribution is 2.55. The third-order valence-electron chi connectivity index (χ3n) is 15.5. The fraction of sp³-hybridized carbons (Fsp3) is 0.280. The van der Waals surface area contributed by atoms with Gasteiger partial charge in [-0.05, 0) is 192 Å². The van der Waals surface area contributed by atoms with E-state index in [-0.39, 0.29) is 48.0 Å². The molecule has 0 heterocycles. The van der Waals surface area contributed by atoms with Gasteiger partial charge in [0.1, 0.15) is 46.9 Å². The molecule has 480 valence electrons. The zero-order valence-electron chi connectivity index (χ0n) is 53.4. The van der Waals surface area contributed by atoms with Crippen molar-refractivity contribution < 1.29 is 56.7 Å². The molecular formula is C75H76N3O13PS. The van der Waals surface area contributed by atoms with E-state index in [9.17, 15) is 14.9 Å². The summed E-state index contributed by atoms with van der Waals surface area (Å²) >= 11 is 6.17. The molecule has 18 heteroatoms. The van der Waals surface area contributed by atoms with Crippen molar-refractivity contribution in [3.8, 4) is 86.6 Å². The number of rotatable bonds is 31. The predicted octanol–water partition coefficient (Wildman–Crippen LogP) is 16.5. The topological polar surface area (TPSA) is 168 Å². The van der Waals surface area contributed by atoms with Crippen molar-refractivity contribution in [1.82, 2.24) is 4.78 Å². The smallest absolute Gasteiger partial charge is 0.410 e. The lowest BCUT2D eigenvalue weighted by molar-refractivity contribution is -0.385. The van der Waals surface area contributed by atoms with E-state index < -0.39 is 17.5 Å². The average molecular weight is 1290 g/mol. The van der Waals surface area contributed by atoms with E-state index in [1.165, 1.54) is 53.2 Å². The fourth-order valence-corrected chi connectivity index (χ4v) is 12.4. The molecule has 1 aliphatic rings. The number of hydrazone groups is 1. The van der Waals surface area contributed by atoms with Crippen molar-refractivity contribution in [3.05, 3.63) is 224 Å². The number of ether oxygens (including phenoxy) is 8. The Bertz CT molecular complexity index is 4040. The molecule has 9 rings (SSSR count). The first kappa shape index (κ1) is 67.5. The van der Waals surface area contributed by atoms with Crippen molar-refractivity contribution in [2.24, 2.45) is 5.10 Å². The van der Waals surface area contributed by atoms with Crippen molar-refractivity contribution in [1.29, 1.82) is 0 Å². The molecule has 1 unspecified atom stereocenters. The van der Waals surface area contributed by atoms with Gasteiger partial charge in [-0.3, -0.25) is 14.9 Å². The molecule has 0 radical (unpaired) electrons. The van der Waals surface area contributed by atoms with Crippen LogP contribution in [0.1, 0.15) is 117 Å². The Morgan fingerprint density at radius 3 is 1.41 bits per heavy atom. The highest BCUT2D eigenvalue weighted by Gasteiger charge is 2.42. The Morgan fingerprint density at radius 2 is 0.968 bits per heavy atom. The fourth-order valence-electron chi connectivity index (χ4n) is 10.6. The van der Waals surface area contributed by atoms with Crippen LogP contribution < -0.4 is 42.2 Å². The highest BCUT2D eigenvalue weighted by molar-refractivity contribution is 8.09. The van der Waals surface area contributed by atoms with Crippen LogP contribution in [0.2, 0.25) is 0 Å². The Morgan fingerprint density at radius 1 is 0.548 bits per heavy atom. The maximum Gasteiger partial charge on any atom is 0.410 e. The summed E-state index contributed by atoms with van der Waals surface area (Å²) in [5, 5.41) is 16.4. The summed E-state index contributed by atoms with van der Waals surface area (Å²) in [7, 11) is 6.40. The molecule has 0 saturated carbocycles. The maximum absolute atomic E-state index is 11.8. The molecule has 1 aliphatic carbocycles. The van der Waals surface area contributed by atoms with E-state index in [1.54, 1.807) is 63.9 Å². The third kappa shape index (κ3) is 18.2. The Kier molecular flexibility index (Phi) is 23.9. The number of nitrogens with zero attached hydrogens (tertiary/aromatic N) is 3. The standard InChI is InChI=1S/C75H76N3O13PS/c1-8-10-42-75(43-11-9-2)70-48-57(16-14-55-18-26-61(82-5)27-19-55)24-40-68(70)69-41-25-58(49-71(69)75)17-15-56-20-30-63(31-21-56)85-44-12-45-86-64-32-36-66(37-33-64)90-92(93,77(4)76-52-59-22-28-62(83-6)29-23-59)91-67-38-34-65(35-39-67)87-46-13-47-88-74-51-72(78(80)81)60(50-73(74)84-7)53-89-54(3)79/h18-41,48-52H,8-13,42-47,53H2,1-7H3/b76-52+. The first-order valence-electron chi connectivity index (χ1n) is 30.9. The summed E-state index contributed by atoms with van der Waals surface area (Å²) in [6, 6.07) is 53.5. The molecule has 0 saturated heterocycles. The van der Waals surface area contributed by atoms with Crippen LogP contribution in [-0.2, 0) is 33.4 Å². The van der Waals surface area contributed by atoms with Gasteiger partial charge in [-0.15, -0.1) is 0 Å². The van der Waals surface area contributed by atoms with Gasteiger partial charge in [0.15, 0.2) is 11.5 Å². The number of nitro benzene ring substituents is 1. The monoisotopic (exact) mass is 1290 g/mol. The van der Waals surface area contributed by atoms with E-state index in [2.05, 4.69) is 79.0 Å². The van der Waals surface area contributed by atoms with Gasteiger partial charge in [-0.2, -0.15) is 5.10 Å². The second kappa shape index (κ2) is 32.9. The van der Waals surface area contributed by atoms with Gasteiger partial charge >= 0.3 is 12.6 Å². The summed E-state index contributed by atoms with van der Waals surface area (Å²) in [5.41, 5.74) is 9.85. The zero-order valence-corrected chi connectivity index (χ0v) is 55.2. The Balaban J connectivity index is 0.772. The van der Waals surface area contributed by atoms with Crippen LogP contribution in [0.3, 0.4) is 0 Å². The van der Waals surface area contributed by atoms with E-state index in [0.29, 0.717) is 54.8 Å². The molecular weight excluding hydrogens is 1210 g/mol. The van der Waals surface area contributed by atoms with E-state index in [1.807, 2.05) is 84.9 Å². The van der Waals surface area contributed by atoms with Crippen molar-refractivity contribution in [2.45, 2.75) is 84.2 Å². The van der Waals surface area contributed by atoms with Crippen LogP contribution in [0.4, 0.5) is 5.69 Å². The number of hydrogen-bond acceptors (Lipinski definition) is 15. The SMILES string of the molecule is CCCCC1(CCCC)c2cc(C#Cc3ccc(OC)cc3)ccc2-c2ccc(C#Cc3ccc(OCCCOc4ccc(OP(=S)(Oc5ccc(OCCCOc6cc([N+](=O)[O-])c(COC(C)=O)cc6OC)cc5)N(C)/N=C/c5ccc(OC)cc5)cc4)cc3)cc21. The number of benzene rings is 8. The number of hydrogen-bond donors (Lipinski definition) is 0. The quantitative estimate of drug-likeness (QED) is 0.00765. The molecule has 0 bridgehead atoms. The summed E-state index contributed by atoms with van der Waals surface area (Å²) in [4.78, 5) is 22.6. The Hall–Kier alpha value is -9.93. The molecule has 1 atom stereocenters. The minimum atomic E-state index is -3.40. The highest BCUT2D eigenvalue weighted by atomic mass is 32.5. The molecule has 8 aromatic carbocycles. The Labute approximate surface area is 550 Å². The van der Waals surface area contributed by atoms with Gasteiger partial charge < -0.3 is 46.9 Å².